The third kappa shape index (κ3) is 13.3. The van der Waals surface area contributed by atoms with Gasteiger partial charge in [0.25, 0.3) is 0 Å². The molecule has 23 heavy (non-hydrogen) atoms. The van der Waals surface area contributed by atoms with Crippen LogP contribution in [-0.2, 0) is 14.2 Å². The molecule has 7 nitrogen and oxygen atoms in total. The molecule has 0 aromatic carbocycles. The lowest BCUT2D eigenvalue weighted by atomic mass is 10.1. The second-order valence-corrected chi connectivity index (χ2v) is 6.55. The van der Waals surface area contributed by atoms with E-state index < -0.39 is 11.7 Å². The Labute approximate surface area is 140 Å². The average Bonchev–Trinajstić information content (AvgIpc) is 2.42. The summed E-state index contributed by atoms with van der Waals surface area (Å²) in [5.74, 6) is 0. The first-order valence-electron chi connectivity index (χ1n) is 8.14. The number of carbonyl (C=O) groups is 1. The number of hydrogen-bond acceptors (Lipinski definition) is 6. The van der Waals surface area contributed by atoms with Gasteiger partial charge in [-0.3, -0.25) is 0 Å². The summed E-state index contributed by atoms with van der Waals surface area (Å²) in [5.41, 5.74) is -0.484. The summed E-state index contributed by atoms with van der Waals surface area (Å²) in [6.07, 6.45) is 1.88. The van der Waals surface area contributed by atoms with Crippen molar-refractivity contribution in [3.63, 3.8) is 0 Å². The first-order chi connectivity index (χ1) is 10.8. The molecule has 2 atom stereocenters. The molecule has 0 radical (unpaired) electrons. The van der Waals surface area contributed by atoms with Crippen LogP contribution in [0.3, 0.4) is 0 Å². The molecule has 0 aliphatic rings. The Morgan fingerprint density at radius 3 is 2.13 bits per heavy atom. The fraction of sp³-hybridized carbons (Fsp3) is 0.938. The molecule has 1 amide bonds. The summed E-state index contributed by atoms with van der Waals surface area (Å²) in [6.45, 7) is 7.27. The first kappa shape index (κ1) is 22.1. The third-order valence-electron chi connectivity index (χ3n) is 3.08. The van der Waals surface area contributed by atoms with Gasteiger partial charge in [0.15, 0.2) is 0 Å². The smallest absolute Gasteiger partial charge is 0.407 e. The highest BCUT2D eigenvalue weighted by molar-refractivity contribution is 5.67. The van der Waals surface area contributed by atoms with Gasteiger partial charge >= 0.3 is 6.09 Å². The van der Waals surface area contributed by atoms with Gasteiger partial charge in [-0.05, 0) is 40.0 Å². The lowest BCUT2D eigenvalue weighted by molar-refractivity contribution is 0.0525. The van der Waals surface area contributed by atoms with Crippen molar-refractivity contribution < 1.29 is 24.1 Å². The maximum absolute atomic E-state index is 11.6. The van der Waals surface area contributed by atoms with Crippen molar-refractivity contribution in [1.82, 2.24) is 10.6 Å². The van der Waals surface area contributed by atoms with Crippen LogP contribution in [0, 0.1) is 0 Å². The van der Waals surface area contributed by atoms with Crippen LogP contribution in [0.25, 0.3) is 0 Å². The number of alkyl carbamates (subject to hydrolysis) is 1. The molecule has 3 N–H and O–H groups in total. The second-order valence-electron chi connectivity index (χ2n) is 6.55. The molecule has 2 unspecified atom stereocenters. The van der Waals surface area contributed by atoms with Gasteiger partial charge in [0, 0.05) is 39.5 Å². The van der Waals surface area contributed by atoms with Gasteiger partial charge < -0.3 is 30.0 Å². The molecule has 0 aliphatic heterocycles. The van der Waals surface area contributed by atoms with Gasteiger partial charge in [0.2, 0.25) is 0 Å². The zero-order chi connectivity index (χ0) is 17.7. The lowest BCUT2D eigenvalue weighted by Gasteiger charge is -2.25. The molecule has 0 aliphatic carbocycles. The van der Waals surface area contributed by atoms with Crippen LogP contribution in [0.2, 0.25) is 0 Å². The largest absolute Gasteiger partial charge is 0.444 e. The Morgan fingerprint density at radius 2 is 1.65 bits per heavy atom. The minimum atomic E-state index is -0.484. The van der Waals surface area contributed by atoms with Crippen LogP contribution in [0.15, 0.2) is 0 Å². The molecule has 0 aromatic heterocycles. The van der Waals surface area contributed by atoms with Crippen LogP contribution < -0.4 is 10.6 Å². The van der Waals surface area contributed by atoms with Gasteiger partial charge in [-0.15, -0.1) is 0 Å². The summed E-state index contributed by atoms with van der Waals surface area (Å²) in [4.78, 5) is 11.6. The summed E-state index contributed by atoms with van der Waals surface area (Å²) in [6, 6.07) is 0.233. The van der Waals surface area contributed by atoms with Crippen LogP contribution in [0.4, 0.5) is 4.79 Å². The quantitative estimate of drug-likeness (QED) is 0.466. The van der Waals surface area contributed by atoms with E-state index in [0.717, 1.165) is 12.8 Å². The van der Waals surface area contributed by atoms with E-state index in [1.54, 1.807) is 14.2 Å². The molecule has 138 valence electrons. The fourth-order valence-corrected chi connectivity index (χ4v) is 2.17. The number of aliphatic hydroxyl groups excluding tert-OH is 1. The normalized spacial score (nSPS) is 14.3. The highest BCUT2D eigenvalue weighted by Crippen LogP contribution is 2.07. The zero-order valence-electron chi connectivity index (χ0n) is 15.2. The average molecular weight is 334 g/mol. The van der Waals surface area contributed by atoms with Gasteiger partial charge in [-0.25, -0.2) is 4.79 Å². The van der Waals surface area contributed by atoms with E-state index in [0.29, 0.717) is 26.2 Å². The van der Waals surface area contributed by atoms with Gasteiger partial charge in [0.1, 0.15) is 5.60 Å². The predicted octanol–water partition coefficient (Wildman–Crippen LogP) is 1.29. The van der Waals surface area contributed by atoms with Crippen LogP contribution in [-0.4, -0.2) is 69.5 Å². The second kappa shape index (κ2) is 12.5. The SMILES string of the molecule is COCC(CCO)NC(CCCNC(=O)OC(C)(C)C)COC. The number of amides is 1. The minimum Gasteiger partial charge on any atom is -0.444 e. The van der Waals surface area contributed by atoms with Crippen LogP contribution in [0.1, 0.15) is 40.0 Å². The van der Waals surface area contributed by atoms with E-state index in [2.05, 4.69) is 10.6 Å². The highest BCUT2D eigenvalue weighted by atomic mass is 16.6. The van der Waals surface area contributed by atoms with E-state index in [9.17, 15) is 4.79 Å². The Balaban J connectivity index is 4.10. The van der Waals surface area contributed by atoms with Crippen molar-refractivity contribution in [2.24, 2.45) is 0 Å². The number of methoxy groups -OCH3 is 2. The molecule has 0 saturated carbocycles. The summed E-state index contributed by atoms with van der Waals surface area (Å²) < 4.78 is 15.6. The number of aliphatic hydroxyl groups is 1. The number of nitrogens with one attached hydrogen (secondary N) is 2. The molecule has 0 bridgehead atoms. The highest BCUT2D eigenvalue weighted by Gasteiger charge is 2.17. The van der Waals surface area contributed by atoms with Crippen LogP contribution in [0.5, 0.6) is 0 Å². The van der Waals surface area contributed by atoms with Crippen molar-refractivity contribution in [1.29, 1.82) is 0 Å². The van der Waals surface area contributed by atoms with E-state index in [1.165, 1.54) is 0 Å². The summed E-state index contributed by atoms with van der Waals surface area (Å²) >= 11 is 0. The molecule has 7 heteroatoms. The summed E-state index contributed by atoms with van der Waals surface area (Å²) in [7, 11) is 3.30. The van der Waals surface area contributed by atoms with Crippen molar-refractivity contribution in [2.45, 2.75) is 57.7 Å². The van der Waals surface area contributed by atoms with Crippen molar-refractivity contribution >= 4 is 6.09 Å². The molecule has 0 saturated heterocycles. The molecule has 0 spiro atoms. The first-order valence-corrected chi connectivity index (χ1v) is 8.14. The Bertz CT molecular complexity index is 301. The monoisotopic (exact) mass is 334 g/mol. The van der Waals surface area contributed by atoms with Gasteiger partial charge in [-0.2, -0.15) is 0 Å². The maximum Gasteiger partial charge on any atom is 0.407 e. The molecular weight excluding hydrogens is 300 g/mol. The molecule has 0 fully saturated rings. The molecule has 0 aromatic rings. The molecule has 0 heterocycles. The topological polar surface area (TPSA) is 89.1 Å². The van der Waals surface area contributed by atoms with Crippen molar-refractivity contribution in [3.8, 4) is 0 Å². The van der Waals surface area contributed by atoms with E-state index >= 15 is 0 Å². The van der Waals surface area contributed by atoms with Crippen LogP contribution >= 0.6 is 0 Å². The lowest BCUT2D eigenvalue weighted by Crippen LogP contribution is -2.44. The van der Waals surface area contributed by atoms with E-state index in [4.69, 9.17) is 19.3 Å². The minimum absolute atomic E-state index is 0.0870. The maximum atomic E-state index is 11.6. The Morgan fingerprint density at radius 1 is 1.09 bits per heavy atom. The number of rotatable bonds is 12. The predicted molar refractivity (Wildman–Crippen MR) is 89.6 cm³/mol. The fourth-order valence-electron chi connectivity index (χ4n) is 2.17. The Kier molecular flexibility index (Phi) is 12.0. The van der Waals surface area contributed by atoms with Crippen molar-refractivity contribution in [3.05, 3.63) is 0 Å². The van der Waals surface area contributed by atoms with E-state index in [-0.39, 0.29) is 18.7 Å². The van der Waals surface area contributed by atoms with Gasteiger partial charge in [0.05, 0.1) is 13.2 Å². The zero-order valence-corrected chi connectivity index (χ0v) is 15.2. The third-order valence-corrected chi connectivity index (χ3v) is 3.08. The molecular formula is C16H34N2O5. The molecule has 0 rings (SSSR count). The number of ether oxygens (including phenoxy) is 3. The number of hydrogen-bond donors (Lipinski definition) is 3. The summed E-state index contributed by atoms with van der Waals surface area (Å²) in [5, 5.41) is 15.3. The van der Waals surface area contributed by atoms with E-state index in [1.807, 2.05) is 20.8 Å². The standard InChI is InChI=1S/C16H34N2O5/c1-16(2,3)23-15(20)17-9-6-7-13(11-21-4)18-14(8-10-19)12-22-5/h13-14,18-19H,6-12H2,1-5H3,(H,17,20). The Hall–Kier alpha value is -0.890. The number of carbonyl (C=O) groups excluding carboxylic acids is 1. The van der Waals surface area contributed by atoms with Gasteiger partial charge in [-0.1, -0.05) is 0 Å². The van der Waals surface area contributed by atoms with Crippen molar-refractivity contribution in [2.75, 3.05) is 40.6 Å².